The molecule has 0 aromatic carbocycles. The van der Waals surface area contributed by atoms with Crippen molar-refractivity contribution in [1.29, 1.82) is 0 Å². The highest BCUT2D eigenvalue weighted by Crippen LogP contribution is 2.38. The molecule has 0 spiro atoms. The molecule has 3 N–H and O–H groups in total. The van der Waals surface area contributed by atoms with Crippen molar-refractivity contribution in [3.05, 3.63) is 18.0 Å². The molecule has 1 aromatic heterocycles. The highest BCUT2D eigenvalue weighted by Gasteiger charge is 2.42. The van der Waals surface area contributed by atoms with Gasteiger partial charge in [-0.3, -0.25) is 0 Å². The maximum absolute atomic E-state index is 9.90. The molecule has 1 aliphatic heterocycles. The summed E-state index contributed by atoms with van der Waals surface area (Å²) >= 11 is 4.92. The number of hydrogen-bond donors (Lipinski definition) is 2. The molecule has 1 aliphatic carbocycles. The topological polar surface area (TPSA) is 75.3 Å². The Morgan fingerprint density at radius 2 is 2.28 bits per heavy atom. The Morgan fingerprint density at radius 3 is 3.00 bits per heavy atom. The molecule has 1 saturated carbocycles. The van der Waals surface area contributed by atoms with Crippen molar-refractivity contribution in [2.75, 3.05) is 18.0 Å². The van der Waals surface area contributed by atoms with Crippen LogP contribution < -0.4 is 10.6 Å². The van der Waals surface area contributed by atoms with Gasteiger partial charge in [-0.05, 0) is 24.8 Å². The molecule has 2 fully saturated rings. The van der Waals surface area contributed by atoms with Crippen molar-refractivity contribution in [2.45, 2.75) is 18.9 Å². The zero-order valence-electron chi connectivity index (χ0n) is 9.99. The van der Waals surface area contributed by atoms with Gasteiger partial charge in [0.2, 0.25) is 5.95 Å². The summed E-state index contributed by atoms with van der Waals surface area (Å²) in [6.07, 6.45) is 3.54. The van der Waals surface area contributed by atoms with Crippen molar-refractivity contribution in [3.8, 4) is 0 Å². The van der Waals surface area contributed by atoms with Crippen LogP contribution in [0, 0.1) is 11.8 Å². The van der Waals surface area contributed by atoms with Crippen LogP contribution in [0.1, 0.15) is 18.5 Å². The average molecular weight is 264 g/mol. The summed E-state index contributed by atoms with van der Waals surface area (Å²) in [4.78, 5) is 11.1. The minimum absolute atomic E-state index is 0.168. The summed E-state index contributed by atoms with van der Waals surface area (Å²) in [7, 11) is 0. The number of anilines is 1. The van der Waals surface area contributed by atoms with Gasteiger partial charge in [0.15, 0.2) is 0 Å². The number of thiocarbonyl (C=S) groups is 1. The summed E-state index contributed by atoms with van der Waals surface area (Å²) in [6.45, 7) is 1.75. The Hall–Kier alpha value is -1.27. The summed E-state index contributed by atoms with van der Waals surface area (Å²) in [5.74, 6) is 1.60. The first-order valence-corrected chi connectivity index (χ1v) is 6.62. The molecular formula is C12H16N4OS. The third-order valence-electron chi connectivity index (χ3n) is 4.00. The molecular weight excluding hydrogens is 248 g/mol. The molecule has 1 saturated heterocycles. The van der Waals surface area contributed by atoms with Gasteiger partial charge in [0.1, 0.15) is 10.7 Å². The van der Waals surface area contributed by atoms with E-state index < -0.39 is 0 Å². The SMILES string of the molecule is NC(=S)c1ccnc(N2CC3CCC(O)C3C2)n1. The molecule has 3 atom stereocenters. The van der Waals surface area contributed by atoms with E-state index in [0.29, 0.717) is 23.5 Å². The molecule has 18 heavy (non-hydrogen) atoms. The molecule has 6 heteroatoms. The van der Waals surface area contributed by atoms with Crippen LogP contribution in [0.2, 0.25) is 0 Å². The van der Waals surface area contributed by atoms with Crippen molar-refractivity contribution in [3.63, 3.8) is 0 Å². The normalized spacial score (nSPS) is 30.5. The first kappa shape index (κ1) is 11.8. The highest BCUT2D eigenvalue weighted by atomic mass is 32.1. The Morgan fingerprint density at radius 1 is 1.44 bits per heavy atom. The lowest BCUT2D eigenvalue weighted by Crippen LogP contribution is -2.26. The van der Waals surface area contributed by atoms with E-state index in [-0.39, 0.29) is 11.1 Å². The van der Waals surface area contributed by atoms with E-state index in [0.717, 1.165) is 25.9 Å². The third kappa shape index (κ3) is 1.95. The second kappa shape index (κ2) is 4.44. The Kier molecular flexibility index (Phi) is 2.91. The first-order chi connectivity index (χ1) is 8.65. The predicted molar refractivity (Wildman–Crippen MR) is 72.4 cm³/mol. The minimum Gasteiger partial charge on any atom is -0.393 e. The zero-order chi connectivity index (χ0) is 12.7. The summed E-state index contributed by atoms with van der Waals surface area (Å²) < 4.78 is 0. The lowest BCUT2D eigenvalue weighted by Gasteiger charge is -2.18. The monoisotopic (exact) mass is 264 g/mol. The fraction of sp³-hybridized carbons (Fsp3) is 0.583. The molecule has 0 radical (unpaired) electrons. The van der Waals surface area contributed by atoms with Crippen LogP contribution in [0.15, 0.2) is 12.3 Å². The molecule has 0 bridgehead atoms. The maximum atomic E-state index is 9.90. The number of nitrogens with two attached hydrogens (primary N) is 1. The second-order valence-corrected chi connectivity index (χ2v) is 5.52. The van der Waals surface area contributed by atoms with Gasteiger partial charge in [-0.2, -0.15) is 0 Å². The van der Waals surface area contributed by atoms with E-state index in [9.17, 15) is 5.11 Å². The standard InChI is InChI=1S/C12H16N4OS/c13-11(18)9-3-4-14-12(15-9)16-5-7-1-2-10(17)8(7)6-16/h3-4,7-8,10,17H,1-2,5-6H2,(H2,13,18). The Balaban J connectivity index is 1.80. The fourth-order valence-electron chi connectivity index (χ4n) is 3.04. The second-order valence-electron chi connectivity index (χ2n) is 5.08. The quantitative estimate of drug-likeness (QED) is 0.749. The highest BCUT2D eigenvalue weighted by molar-refractivity contribution is 7.80. The smallest absolute Gasteiger partial charge is 0.225 e. The Bertz CT molecular complexity index is 481. The molecule has 5 nitrogen and oxygen atoms in total. The lowest BCUT2D eigenvalue weighted by molar-refractivity contribution is 0.133. The van der Waals surface area contributed by atoms with E-state index in [1.54, 1.807) is 12.3 Å². The van der Waals surface area contributed by atoms with Gasteiger partial charge in [0, 0.05) is 25.2 Å². The van der Waals surface area contributed by atoms with E-state index in [1.165, 1.54) is 0 Å². The number of aliphatic hydroxyl groups excluding tert-OH is 1. The maximum Gasteiger partial charge on any atom is 0.225 e. The van der Waals surface area contributed by atoms with Crippen LogP contribution >= 0.6 is 12.2 Å². The van der Waals surface area contributed by atoms with E-state index >= 15 is 0 Å². The van der Waals surface area contributed by atoms with Crippen LogP contribution in [0.4, 0.5) is 5.95 Å². The number of hydrogen-bond acceptors (Lipinski definition) is 5. The molecule has 3 unspecified atom stereocenters. The molecule has 2 aliphatic rings. The van der Waals surface area contributed by atoms with Crippen LogP contribution in [-0.2, 0) is 0 Å². The van der Waals surface area contributed by atoms with Gasteiger partial charge in [-0.25, -0.2) is 9.97 Å². The Labute approximate surface area is 111 Å². The van der Waals surface area contributed by atoms with Crippen LogP contribution in [0.3, 0.4) is 0 Å². The number of fused-ring (bicyclic) bond motifs is 1. The third-order valence-corrected chi connectivity index (χ3v) is 4.21. The van der Waals surface area contributed by atoms with E-state index in [4.69, 9.17) is 18.0 Å². The van der Waals surface area contributed by atoms with Crippen LogP contribution in [0.5, 0.6) is 0 Å². The van der Waals surface area contributed by atoms with Crippen molar-refractivity contribution in [2.24, 2.45) is 17.6 Å². The predicted octanol–water partition coefficient (Wildman–Crippen LogP) is 0.318. The summed E-state index contributed by atoms with van der Waals surface area (Å²) in [5, 5.41) is 9.90. The molecule has 2 heterocycles. The fourth-order valence-corrected chi connectivity index (χ4v) is 3.15. The van der Waals surface area contributed by atoms with Crippen molar-refractivity contribution >= 4 is 23.2 Å². The number of aliphatic hydroxyl groups is 1. The average Bonchev–Trinajstić information content (AvgIpc) is 2.92. The number of aromatic nitrogens is 2. The molecule has 3 rings (SSSR count). The molecule has 1 aromatic rings. The molecule has 96 valence electrons. The summed E-state index contributed by atoms with van der Waals surface area (Å²) in [6, 6.07) is 1.72. The summed E-state index contributed by atoms with van der Waals surface area (Å²) in [5.41, 5.74) is 6.18. The van der Waals surface area contributed by atoms with Gasteiger partial charge >= 0.3 is 0 Å². The zero-order valence-corrected chi connectivity index (χ0v) is 10.8. The first-order valence-electron chi connectivity index (χ1n) is 6.21. The van der Waals surface area contributed by atoms with Gasteiger partial charge < -0.3 is 15.7 Å². The van der Waals surface area contributed by atoms with Gasteiger partial charge in [0.25, 0.3) is 0 Å². The van der Waals surface area contributed by atoms with Gasteiger partial charge in [0.05, 0.1) is 6.10 Å². The van der Waals surface area contributed by atoms with Crippen LogP contribution in [0.25, 0.3) is 0 Å². The number of rotatable bonds is 2. The molecule has 0 amide bonds. The lowest BCUT2D eigenvalue weighted by atomic mass is 10.00. The van der Waals surface area contributed by atoms with Gasteiger partial charge in [-0.15, -0.1) is 0 Å². The largest absolute Gasteiger partial charge is 0.393 e. The van der Waals surface area contributed by atoms with E-state index in [2.05, 4.69) is 14.9 Å². The van der Waals surface area contributed by atoms with Gasteiger partial charge in [-0.1, -0.05) is 12.2 Å². The van der Waals surface area contributed by atoms with Crippen molar-refractivity contribution < 1.29 is 5.11 Å². The minimum atomic E-state index is -0.168. The number of nitrogens with zero attached hydrogens (tertiary/aromatic N) is 3. The van der Waals surface area contributed by atoms with E-state index in [1.807, 2.05) is 0 Å². The van der Waals surface area contributed by atoms with Crippen molar-refractivity contribution in [1.82, 2.24) is 9.97 Å². The van der Waals surface area contributed by atoms with Crippen LogP contribution in [-0.4, -0.2) is 39.3 Å².